The molecule has 6 heteroatoms. The molecule has 0 aromatic rings. The topological polar surface area (TPSA) is 52.6 Å². The number of ether oxygens (including phenoxy) is 2. The Balaban J connectivity index is 0. The summed E-state index contributed by atoms with van der Waals surface area (Å²) < 4.78 is 8.08. The van der Waals surface area contributed by atoms with Crippen LogP contribution in [-0.2, 0) is 9.47 Å². The number of hydrogen-bond acceptors (Lipinski definition) is 4. The smallest absolute Gasteiger partial charge is 0.404 e. The summed E-state index contributed by atoms with van der Waals surface area (Å²) in [5.41, 5.74) is -1.56. The van der Waals surface area contributed by atoms with Crippen molar-refractivity contribution in [3.63, 3.8) is 0 Å². The normalized spacial score (nSPS) is 7.25. The lowest BCUT2D eigenvalue weighted by atomic mass is 10.7. The molecule has 0 fully saturated rings. The molecular weight excluding hydrogens is 207 g/mol. The van der Waals surface area contributed by atoms with Gasteiger partial charge in [0.25, 0.3) is 0 Å². The Hall–Kier alpha value is -0.740. The molecule has 0 aromatic carbocycles. The Morgan fingerprint density at radius 2 is 1.83 bits per heavy atom. The molecule has 0 atom stereocenters. The quantitative estimate of drug-likeness (QED) is 0.524. The van der Waals surface area contributed by atoms with Crippen molar-refractivity contribution in [3.05, 3.63) is 12.7 Å². The van der Waals surface area contributed by atoms with Gasteiger partial charge in [0.2, 0.25) is 0 Å². The van der Waals surface area contributed by atoms with Crippen molar-refractivity contribution in [1.82, 2.24) is 0 Å². The van der Waals surface area contributed by atoms with Crippen LogP contribution in [0, 0.1) is 0 Å². The van der Waals surface area contributed by atoms with Gasteiger partial charge in [0.05, 0.1) is 7.11 Å². The van der Waals surface area contributed by atoms with Crippen LogP contribution in [0.5, 0.6) is 0 Å². The maximum atomic E-state index is 9.70. The number of carbonyl (C=O) groups excluding carboxylic acids is 2. The second-order valence-corrected chi connectivity index (χ2v) is 1.90. The Morgan fingerprint density at radius 1 is 1.42 bits per heavy atom. The monoisotopic (exact) mass is 214 g/mol. The summed E-state index contributed by atoms with van der Waals surface area (Å²) in [5, 5.41) is 0. The Kier molecular flexibility index (Phi) is 11.8. The van der Waals surface area contributed by atoms with Gasteiger partial charge in [-0.25, -0.2) is 9.59 Å². The van der Waals surface area contributed by atoms with Crippen LogP contribution in [0.15, 0.2) is 12.7 Å². The summed E-state index contributed by atoms with van der Waals surface area (Å²) in [4.78, 5) is 19.1. The van der Waals surface area contributed by atoms with E-state index in [4.69, 9.17) is 11.6 Å². The Bertz CT molecular complexity index is 158. The maximum absolute atomic E-state index is 9.70. The van der Waals surface area contributed by atoms with Gasteiger partial charge < -0.3 is 9.47 Å². The molecule has 0 aliphatic heterocycles. The molecule has 0 spiro atoms. The van der Waals surface area contributed by atoms with E-state index in [2.05, 4.69) is 27.7 Å². The van der Waals surface area contributed by atoms with Crippen LogP contribution in [0.25, 0.3) is 0 Å². The largest absolute Gasteiger partial charge is 0.457 e. The molecule has 0 heterocycles. The summed E-state index contributed by atoms with van der Waals surface area (Å²) in [6.07, 6.45) is 1.44. The van der Waals surface area contributed by atoms with E-state index in [0.29, 0.717) is 0 Å². The van der Waals surface area contributed by atoms with Gasteiger partial charge in [-0.05, 0) is 0 Å². The zero-order valence-corrected chi connectivity index (χ0v) is 7.89. The highest BCUT2D eigenvalue weighted by atomic mass is 35.5. The molecule has 70 valence electrons. The van der Waals surface area contributed by atoms with Crippen LogP contribution < -0.4 is 0 Å². The van der Waals surface area contributed by atoms with Gasteiger partial charge in [0, 0.05) is 23.2 Å². The van der Waals surface area contributed by atoms with Crippen molar-refractivity contribution in [3.8, 4) is 0 Å². The summed E-state index contributed by atoms with van der Waals surface area (Å²) in [6.45, 7) is 3.48. The third-order valence-electron chi connectivity index (χ3n) is 0.475. The van der Waals surface area contributed by atoms with Gasteiger partial charge in [0.1, 0.15) is 6.61 Å². The van der Waals surface area contributed by atoms with E-state index in [0.717, 1.165) is 0 Å². The highest BCUT2D eigenvalue weighted by molar-refractivity contribution is 6.61. The zero-order chi connectivity index (χ0) is 9.98. The van der Waals surface area contributed by atoms with Crippen LogP contribution >= 0.6 is 23.2 Å². The van der Waals surface area contributed by atoms with Crippen LogP contribution in [-0.4, -0.2) is 24.6 Å². The Morgan fingerprint density at radius 3 is 1.92 bits per heavy atom. The van der Waals surface area contributed by atoms with Crippen molar-refractivity contribution in [2.24, 2.45) is 0 Å². The first-order valence-corrected chi connectivity index (χ1v) is 3.46. The minimum atomic E-state index is -0.792. The molecule has 0 saturated heterocycles. The van der Waals surface area contributed by atoms with Crippen LogP contribution in [0.3, 0.4) is 0 Å². The van der Waals surface area contributed by atoms with Crippen LogP contribution in [0.4, 0.5) is 9.59 Å². The van der Waals surface area contributed by atoms with E-state index in [-0.39, 0.29) is 6.61 Å². The number of methoxy groups -OCH3 is 1. The predicted molar refractivity (Wildman–Crippen MR) is 45.7 cm³/mol. The molecule has 0 aliphatic carbocycles. The molecule has 0 radical (unpaired) electrons. The molecule has 0 aliphatic rings. The van der Waals surface area contributed by atoms with Gasteiger partial charge in [0.15, 0.2) is 0 Å². The van der Waals surface area contributed by atoms with Crippen molar-refractivity contribution in [2.45, 2.75) is 0 Å². The van der Waals surface area contributed by atoms with E-state index >= 15 is 0 Å². The fraction of sp³-hybridized carbons (Fsp3) is 0.333. The fourth-order valence-electron chi connectivity index (χ4n) is 0.124. The van der Waals surface area contributed by atoms with Gasteiger partial charge in [-0.2, -0.15) is 0 Å². The average Bonchev–Trinajstić information content (AvgIpc) is 2.02. The van der Waals surface area contributed by atoms with Crippen molar-refractivity contribution < 1.29 is 19.1 Å². The van der Waals surface area contributed by atoms with E-state index in [1.54, 1.807) is 0 Å². The molecule has 0 rings (SSSR count). The zero-order valence-electron chi connectivity index (χ0n) is 6.38. The number of rotatable bonds is 2. The lowest BCUT2D eigenvalue weighted by Gasteiger charge is -1.88. The second kappa shape index (κ2) is 10.3. The first-order valence-electron chi connectivity index (χ1n) is 2.71. The van der Waals surface area contributed by atoms with Gasteiger partial charge in [-0.1, -0.05) is 12.7 Å². The van der Waals surface area contributed by atoms with Crippen LogP contribution in [0.2, 0.25) is 0 Å². The van der Waals surface area contributed by atoms with Crippen molar-refractivity contribution in [1.29, 1.82) is 0 Å². The standard InChI is InChI=1S/C4H5ClO2.C2H3ClO2/c1-2-3-7-4(5)6;1-5-2(3)4/h2H,1,3H2;1H3. The number of halogens is 2. The molecule has 0 unspecified atom stereocenters. The van der Waals surface area contributed by atoms with E-state index in [1.807, 2.05) is 0 Å². The molecule has 12 heavy (non-hydrogen) atoms. The number of carbonyl (C=O) groups is 2. The number of hydrogen-bond donors (Lipinski definition) is 0. The van der Waals surface area contributed by atoms with Crippen molar-refractivity contribution in [2.75, 3.05) is 13.7 Å². The minimum absolute atomic E-state index is 0.183. The molecule has 0 N–H and O–H groups in total. The highest BCUT2D eigenvalue weighted by Crippen LogP contribution is 1.84. The molecule has 0 saturated carbocycles. The van der Waals surface area contributed by atoms with E-state index in [1.165, 1.54) is 13.2 Å². The minimum Gasteiger partial charge on any atom is -0.457 e. The van der Waals surface area contributed by atoms with Crippen LogP contribution in [0.1, 0.15) is 0 Å². The lowest BCUT2D eigenvalue weighted by molar-refractivity contribution is 0.186. The van der Waals surface area contributed by atoms with Gasteiger partial charge >= 0.3 is 10.9 Å². The lowest BCUT2D eigenvalue weighted by Crippen LogP contribution is -1.90. The third kappa shape index (κ3) is 22.8. The van der Waals surface area contributed by atoms with Crippen molar-refractivity contribution >= 4 is 34.1 Å². The molecule has 0 aromatic heterocycles. The molecule has 4 nitrogen and oxygen atoms in total. The van der Waals surface area contributed by atoms with Gasteiger partial charge in [-0.15, -0.1) is 0 Å². The van der Waals surface area contributed by atoms with E-state index in [9.17, 15) is 9.59 Å². The first kappa shape index (κ1) is 13.8. The Labute approximate surface area is 80.0 Å². The summed E-state index contributed by atoms with van der Waals surface area (Å²) >= 11 is 9.35. The first-order chi connectivity index (χ1) is 5.54. The second-order valence-electron chi connectivity index (χ2n) is 1.28. The summed E-state index contributed by atoms with van der Waals surface area (Å²) in [7, 11) is 1.22. The molecular formula is C6H8Cl2O4. The highest BCUT2D eigenvalue weighted by Gasteiger charge is 1.87. The maximum Gasteiger partial charge on any atom is 0.404 e. The molecule has 0 bridgehead atoms. The third-order valence-corrected chi connectivity index (χ3v) is 0.739. The summed E-state index contributed by atoms with van der Waals surface area (Å²) in [5.74, 6) is 0. The average molecular weight is 215 g/mol. The van der Waals surface area contributed by atoms with Gasteiger partial charge in [-0.3, -0.25) is 0 Å². The SMILES string of the molecule is C=CCOC(=O)Cl.COC(=O)Cl. The summed E-state index contributed by atoms with van der Waals surface area (Å²) in [6, 6.07) is 0. The molecule has 0 amide bonds. The predicted octanol–water partition coefficient (Wildman–Crippen LogP) is 2.54. The van der Waals surface area contributed by atoms with E-state index < -0.39 is 10.9 Å². The fourth-order valence-corrected chi connectivity index (χ4v) is 0.187.